The number of aromatic nitrogens is 1. The third-order valence-electron chi connectivity index (χ3n) is 1.94. The molecule has 1 amide bonds. The molecule has 0 bridgehead atoms. The summed E-state index contributed by atoms with van der Waals surface area (Å²) < 4.78 is 0. The highest BCUT2D eigenvalue weighted by Gasteiger charge is 2.13. The van der Waals surface area contributed by atoms with Crippen LogP contribution in [0.2, 0.25) is 0 Å². The van der Waals surface area contributed by atoms with E-state index in [1.807, 2.05) is 0 Å². The van der Waals surface area contributed by atoms with E-state index < -0.39 is 12.1 Å². The van der Waals surface area contributed by atoms with Crippen LogP contribution in [-0.2, 0) is 16.0 Å². The lowest BCUT2D eigenvalue weighted by Crippen LogP contribution is -2.31. The molecule has 0 aliphatic carbocycles. The van der Waals surface area contributed by atoms with E-state index in [0.29, 0.717) is 10.8 Å². The molecule has 0 saturated heterocycles. The molecule has 1 heterocycles. The van der Waals surface area contributed by atoms with Crippen molar-refractivity contribution in [3.63, 3.8) is 0 Å². The Morgan fingerprint density at radius 3 is 2.82 bits per heavy atom. The van der Waals surface area contributed by atoms with E-state index in [-0.39, 0.29) is 25.3 Å². The summed E-state index contributed by atoms with van der Waals surface area (Å²) in [6.07, 6.45) is -1.39. The van der Waals surface area contributed by atoms with Crippen LogP contribution >= 0.6 is 11.3 Å². The summed E-state index contributed by atoms with van der Waals surface area (Å²) in [6.45, 7) is 0.103. The third-order valence-corrected chi connectivity index (χ3v) is 2.66. The number of carbonyl (C=O) groups is 2. The number of nitrogens with one attached hydrogen (secondary N) is 1. The normalized spacial score (nSPS) is 12.1. The van der Waals surface area contributed by atoms with Crippen LogP contribution in [0.1, 0.15) is 12.1 Å². The van der Waals surface area contributed by atoms with Crippen LogP contribution < -0.4 is 11.1 Å². The fourth-order valence-corrected chi connectivity index (χ4v) is 1.67. The second-order valence-electron chi connectivity index (χ2n) is 3.35. The molecule has 1 aromatic rings. The zero-order valence-electron chi connectivity index (χ0n) is 8.92. The van der Waals surface area contributed by atoms with Gasteiger partial charge in [0.1, 0.15) is 0 Å². The Kier molecular flexibility index (Phi) is 4.85. The van der Waals surface area contributed by atoms with Crippen molar-refractivity contribution in [2.45, 2.75) is 18.9 Å². The molecule has 0 aliphatic heterocycles. The van der Waals surface area contributed by atoms with Gasteiger partial charge in [0, 0.05) is 18.3 Å². The zero-order valence-corrected chi connectivity index (χ0v) is 9.74. The first-order chi connectivity index (χ1) is 7.99. The highest BCUT2D eigenvalue weighted by atomic mass is 32.1. The first kappa shape index (κ1) is 13.4. The molecule has 0 spiro atoms. The van der Waals surface area contributed by atoms with Gasteiger partial charge in [0.05, 0.1) is 12.1 Å². The van der Waals surface area contributed by atoms with Gasteiger partial charge in [-0.3, -0.25) is 4.79 Å². The summed E-state index contributed by atoms with van der Waals surface area (Å²) in [6, 6.07) is 0. The number of aliphatic hydroxyl groups excluding tert-OH is 1. The number of nitrogens with two attached hydrogens (primary N) is 1. The summed E-state index contributed by atoms with van der Waals surface area (Å²) in [5, 5.41) is 21.9. The van der Waals surface area contributed by atoms with E-state index in [4.69, 9.17) is 15.9 Å². The first-order valence-electron chi connectivity index (χ1n) is 4.86. The standard InChI is InChI=1S/C9H13N3O4S/c10-9-12-5(4-17-9)3-7(14)11-2-1-6(13)8(15)16/h4,6,13H,1-3H2,(H2,10,12)(H,11,14)(H,15,16). The Balaban J connectivity index is 2.24. The lowest BCUT2D eigenvalue weighted by molar-refractivity contribution is -0.147. The summed E-state index contributed by atoms with van der Waals surface area (Å²) >= 11 is 1.25. The van der Waals surface area contributed by atoms with Crippen molar-refractivity contribution in [1.29, 1.82) is 0 Å². The number of aliphatic carboxylic acids is 1. The average molecular weight is 259 g/mol. The van der Waals surface area contributed by atoms with Crippen LogP contribution in [0, 0.1) is 0 Å². The Bertz CT molecular complexity index is 407. The molecule has 0 aliphatic rings. The summed E-state index contributed by atoms with van der Waals surface area (Å²) in [5.74, 6) is -1.58. The fourth-order valence-electron chi connectivity index (χ4n) is 1.10. The molecule has 17 heavy (non-hydrogen) atoms. The minimum absolute atomic E-state index is 0.0275. The van der Waals surface area contributed by atoms with Gasteiger partial charge in [0.2, 0.25) is 5.91 Å². The number of nitrogens with zero attached hydrogens (tertiary/aromatic N) is 1. The van der Waals surface area contributed by atoms with Crippen LogP contribution in [0.5, 0.6) is 0 Å². The molecule has 8 heteroatoms. The summed E-state index contributed by atoms with van der Waals surface area (Å²) in [7, 11) is 0. The molecule has 94 valence electrons. The Labute approximate surface area is 101 Å². The molecular weight excluding hydrogens is 246 g/mol. The second-order valence-corrected chi connectivity index (χ2v) is 4.24. The van der Waals surface area contributed by atoms with Gasteiger partial charge in [0.25, 0.3) is 0 Å². The van der Waals surface area contributed by atoms with E-state index in [0.717, 1.165) is 0 Å². The maximum Gasteiger partial charge on any atom is 0.332 e. The van der Waals surface area contributed by atoms with Gasteiger partial charge in [-0.25, -0.2) is 9.78 Å². The van der Waals surface area contributed by atoms with Crippen LogP contribution in [0.25, 0.3) is 0 Å². The lowest BCUT2D eigenvalue weighted by atomic mass is 10.2. The van der Waals surface area contributed by atoms with Gasteiger partial charge in [-0.1, -0.05) is 0 Å². The van der Waals surface area contributed by atoms with Gasteiger partial charge in [0.15, 0.2) is 11.2 Å². The number of carboxylic acid groups (broad SMARTS) is 1. The highest BCUT2D eigenvalue weighted by Crippen LogP contribution is 2.11. The molecule has 1 aromatic heterocycles. The van der Waals surface area contributed by atoms with Crippen molar-refractivity contribution in [1.82, 2.24) is 10.3 Å². The number of carbonyl (C=O) groups excluding carboxylic acids is 1. The van der Waals surface area contributed by atoms with Crippen molar-refractivity contribution in [2.75, 3.05) is 12.3 Å². The minimum atomic E-state index is -1.45. The molecule has 1 unspecified atom stereocenters. The average Bonchev–Trinajstić information content (AvgIpc) is 2.63. The summed E-state index contributed by atoms with van der Waals surface area (Å²) in [5.41, 5.74) is 5.98. The van der Waals surface area contributed by atoms with Crippen molar-refractivity contribution in [3.05, 3.63) is 11.1 Å². The summed E-state index contributed by atoms with van der Waals surface area (Å²) in [4.78, 5) is 25.6. The van der Waals surface area contributed by atoms with Crippen molar-refractivity contribution in [3.8, 4) is 0 Å². The number of aliphatic hydroxyl groups is 1. The Morgan fingerprint density at radius 1 is 1.59 bits per heavy atom. The number of hydrogen-bond acceptors (Lipinski definition) is 6. The Hall–Kier alpha value is -1.67. The first-order valence-corrected chi connectivity index (χ1v) is 5.74. The lowest BCUT2D eigenvalue weighted by Gasteiger charge is -2.06. The van der Waals surface area contributed by atoms with Crippen molar-refractivity contribution < 1.29 is 19.8 Å². The number of rotatable bonds is 6. The number of thiazole rings is 1. The van der Waals surface area contributed by atoms with Crippen LogP contribution in [0.15, 0.2) is 5.38 Å². The minimum Gasteiger partial charge on any atom is -0.479 e. The molecule has 5 N–H and O–H groups in total. The predicted octanol–water partition coefficient (Wildman–Crippen LogP) is -0.780. The van der Waals surface area contributed by atoms with Crippen LogP contribution in [0.3, 0.4) is 0 Å². The van der Waals surface area contributed by atoms with Gasteiger partial charge < -0.3 is 21.3 Å². The van der Waals surface area contributed by atoms with Crippen molar-refractivity contribution >= 4 is 28.3 Å². The quantitative estimate of drug-likeness (QED) is 0.531. The number of amides is 1. The largest absolute Gasteiger partial charge is 0.479 e. The molecule has 7 nitrogen and oxygen atoms in total. The Morgan fingerprint density at radius 2 is 2.29 bits per heavy atom. The number of carboxylic acids is 1. The highest BCUT2D eigenvalue weighted by molar-refractivity contribution is 7.13. The molecule has 0 aromatic carbocycles. The number of hydrogen-bond donors (Lipinski definition) is 4. The van der Waals surface area contributed by atoms with Gasteiger partial charge in [-0.05, 0) is 0 Å². The third kappa shape index (κ3) is 4.79. The fraction of sp³-hybridized carbons (Fsp3) is 0.444. The molecule has 0 saturated carbocycles. The predicted molar refractivity (Wildman–Crippen MR) is 61.5 cm³/mol. The number of anilines is 1. The van der Waals surface area contributed by atoms with Gasteiger partial charge in [-0.2, -0.15) is 0 Å². The van der Waals surface area contributed by atoms with E-state index in [9.17, 15) is 9.59 Å². The van der Waals surface area contributed by atoms with E-state index in [1.54, 1.807) is 5.38 Å². The molecule has 1 rings (SSSR count). The SMILES string of the molecule is Nc1nc(CC(=O)NCCC(O)C(=O)O)cs1. The zero-order chi connectivity index (χ0) is 12.8. The maximum absolute atomic E-state index is 11.4. The molecule has 0 fully saturated rings. The molecule has 0 radical (unpaired) electrons. The van der Waals surface area contributed by atoms with E-state index in [2.05, 4.69) is 10.3 Å². The van der Waals surface area contributed by atoms with Crippen LogP contribution in [-0.4, -0.2) is 39.7 Å². The topological polar surface area (TPSA) is 126 Å². The smallest absolute Gasteiger partial charge is 0.332 e. The van der Waals surface area contributed by atoms with Gasteiger partial charge >= 0.3 is 5.97 Å². The monoisotopic (exact) mass is 259 g/mol. The molecule has 1 atom stereocenters. The molecular formula is C9H13N3O4S. The van der Waals surface area contributed by atoms with Gasteiger partial charge in [-0.15, -0.1) is 11.3 Å². The maximum atomic E-state index is 11.4. The number of nitrogen functional groups attached to an aromatic ring is 1. The van der Waals surface area contributed by atoms with Crippen LogP contribution in [0.4, 0.5) is 5.13 Å². The second kappa shape index (κ2) is 6.16. The van der Waals surface area contributed by atoms with E-state index >= 15 is 0 Å². The van der Waals surface area contributed by atoms with E-state index in [1.165, 1.54) is 11.3 Å². The van der Waals surface area contributed by atoms with Crippen molar-refractivity contribution in [2.24, 2.45) is 0 Å².